The van der Waals surface area contributed by atoms with E-state index in [9.17, 15) is 9.59 Å². The Morgan fingerprint density at radius 2 is 2.14 bits per heavy atom. The van der Waals surface area contributed by atoms with Gasteiger partial charge in [0.2, 0.25) is 0 Å². The molecule has 3 rings (SSSR count). The highest BCUT2D eigenvalue weighted by atomic mass is 16.5. The standard InChI is InChI=1S/C17H22N2O3/c1-22-17(21)13-2-3-14-11-19(16(20)15(14)10-13)9-6-12-4-7-18-8-5-12/h2-3,10,12,18H,4-9,11H2,1H3. The first kappa shape index (κ1) is 15.0. The second-order valence-electron chi connectivity index (χ2n) is 6.07. The fourth-order valence-electron chi connectivity index (χ4n) is 3.30. The van der Waals surface area contributed by atoms with Crippen LogP contribution in [0.4, 0.5) is 0 Å². The van der Waals surface area contributed by atoms with Crippen molar-refractivity contribution >= 4 is 11.9 Å². The van der Waals surface area contributed by atoms with E-state index in [1.807, 2.05) is 11.0 Å². The molecule has 2 heterocycles. The molecule has 0 unspecified atom stereocenters. The van der Waals surface area contributed by atoms with E-state index >= 15 is 0 Å². The molecule has 1 amide bonds. The zero-order valence-electron chi connectivity index (χ0n) is 12.9. The molecule has 1 fully saturated rings. The molecule has 118 valence electrons. The van der Waals surface area contributed by atoms with E-state index in [0.717, 1.165) is 31.6 Å². The zero-order chi connectivity index (χ0) is 15.5. The molecule has 1 saturated heterocycles. The van der Waals surface area contributed by atoms with Crippen LogP contribution in [-0.4, -0.2) is 43.5 Å². The number of nitrogens with zero attached hydrogens (tertiary/aromatic N) is 1. The number of hydrogen-bond donors (Lipinski definition) is 1. The molecule has 0 radical (unpaired) electrons. The molecule has 0 spiro atoms. The van der Waals surface area contributed by atoms with Crippen molar-refractivity contribution in [2.45, 2.75) is 25.8 Å². The van der Waals surface area contributed by atoms with Gasteiger partial charge in [0, 0.05) is 18.7 Å². The number of rotatable bonds is 4. The highest BCUT2D eigenvalue weighted by Crippen LogP contribution is 2.26. The Morgan fingerprint density at radius 3 is 2.86 bits per heavy atom. The van der Waals surface area contributed by atoms with Gasteiger partial charge in [-0.15, -0.1) is 0 Å². The highest BCUT2D eigenvalue weighted by molar-refractivity contribution is 6.01. The van der Waals surface area contributed by atoms with Gasteiger partial charge in [-0.3, -0.25) is 4.79 Å². The Bertz CT molecular complexity index is 579. The van der Waals surface area contributed by atoms with Crippen LogP contribution in [0.2, 0.25) is 0 Å². The van der Waals surface area contributed by atoms with Crippen LogP contribution in [0.3, 0.4) is 0 Å². The van der Waals surface area contributed by atoms with Gasteiger partial charge in [-0.05, 0) is 56.0 Å². The molecule has 0 bridgehead atoms. The summed E-state index contributed by atoms with van der Waals surface area (Å²) >= 11 is 0. The number of carbonyl (C=O) groups is 2. The van der Waals surface area contributed by atoms with Crippen LogP contribution >= 0.6 is 0 Å². The number of benzene rings is 1. The third kappa shape index (κ3) is 2.99. The molecule has 0 aliphatic carbocycles. The van der Waals surface area contributed by atoms with Gasteiger partial charge in [-0.2, -0.15) is 0 Å². The van der Waals surface area contributed by atoms with Crippen molar-refractivity contribution in [3.05, 3.63) is 34.9 Å². The monoisotopic (exact) mass is 302 g/mol. The molecule has 0 saturated carbocycles. The number of esters is 1. The van der Waals surface area contributed by atoms with Gasteiger partial charge in [0.1, 0.15) is 0 Å². The fraction of sp³-hybridized carbons (Fsp3) is 0.529. The minimum Gasteiger partial charge on any atom is -0.465 e. The Kier molecular flexibility index (Phi) is 4.43. The first-order valence-corrected chi connectivity index (χ1v) is 7.90. The lowest BCUT2D eigenvalue weighted by atomic mass is 9.94. The average Bonchev–Trinajstić information content (AvgIpc) is 2.89. The predicted octanol–water partition coefficient (Wildman–Crippen LogP) is 1.82. The lowest BCUT2D eigenvalue weighted by Crippen LogP contribution is -2.31. The fourth-order valence-corrected chi connectivity index (χ4v) is 3.30. The summed E-state index contributed by atoms with van der Waals surface area (Å²) in [5.74, 6) is 0.349. The minimum atomic E-state index is -0.399. The van der Waals surface area contributed by atoms with Crippen LogP contribution < -0.4 is 5.32 Å². The molecular weight excluding hydrogens is 280 g/mol. The lowest BCUT2D eigenvalue weighted by molar-refractivity contribution is 0.0600. The summed E-state index contributed by atoms with van der Waals surface area (Å²) in [6.07, 6.45) is 3.45. The number of piperidine rings is 1. The number of ether oxygens (including phenoxy) is 1. The highest BCUT2D eigenvalue weighted by Gasteiger charge is 2.28. The van der Waals surface area contributed by atoms with Crippen molar-refractivity contribution < 1.29 is 14.3 Å². The molecule has 5 nitrogen and oxygen atoms in total. The molecule has 1 N–H and O–H groups in total. The van der Waals surface area contributed by atoms with E-state index in [0.29, 0.717) is 23.6 Å². The van der Waals surface area contributed by atoms with Gasteiger partial charge in [0.05, 0.1) is 12.7 Å². The maximum absolute atomic E-state index is 12.5. The van der Waals surface area contributed by atoms with Crippen molar-refractivity contribution in [3.8, 4) is 0 Å². The van der Waals surface area contributed by atoms with E-state index in [1.165, 1.54) is 20.0 Å². The molecule has 5 heteroatoms. The largest absolute Gasteiger partial charge is 0.465 e. The molecule has 0 aromatic heterocycles. The molecule has 1 aromatic carbocycles. The Labute approximate surface area is 130 Å². The van der Waals surface area contributed by atoms with Gasteiger partial charge in [-0.25, -0.2) is 4.79 Å². The number of amides is 1. The quantitative estimate of drug-likeness (QED) is 0.862. The molecule has 2 aliphatic rings. The summed E-state index contributed by atoms with van der Waals surface area (Å²) in [4.78, 5) is 26.0. The molecule has 0 atom stereocenters. The third-order valence-electron chi connectivity index (χ3n) is 4.68. The number of nitrogens with one attached hydrogen (secondary N) is 1. The second kappa shape index (κ2) is 6.48. The first-order valence-electron chi connectivity index (χ1n) is 7.90. The lowest BCUT2D eigenvalue weighted by Gasteiger charge is -2.25. The number of hydrogen-bond acceptors (Lipinski definition) is 4. The molecule has 22 heavy (non-hydrogen) atoms. The van der Waals surface area contributed by atoms with Gasteiger partial charge in [0.25, 0.3) is 5.91 Å². The van der Waals surface area contributed by atoms with Crippen LogP contribution in [-0.2, 0) is 11.3 Å². The van der Waals surface area contributed by atoms with Crippen LogP contribution in [0, 0.1) is 5.92 Å². The second-order valence-corrected chi connectivity index (χ2v) is 6.07. The number of methoxy groups -OCH3 is 1. The summed E-state index contributed by atoms with van der Waals surface area (Å²) in [7, 11) is 1.35. The molecule has 1 aromatic rings. The van der Waals surface area contributed by atoms with Crippen molar-refractivity contribution in [1.82, 2.24) is 10.2 Å². The van der Waals surface area contributed by atoms with Gasteiger partial charge < -0.3 is 15.0 Å². The average molecular weight is 302 g/mol. The van der Waals surface area contributed by atoms with E-state index in [2.05, 4.69) is 5.32 Å². The summed E-state index contributed by atoms with van der Waals surface area (Å²) in [6, 6.07) is 5.26. The summed E-state index contributed by atoms with van der Waals surface area (Å²) in [5, 5.41) is 3.36. The minimum absolute atomic E-state index is 0.0367. The van der Waals surface area contributed by atoms with Crippen LogP contribution in [0.5, 0.6) is 0 Å². The summed E-state index contributed by atoms with van der Waals surface area (Å²) in [5.41, 5.74) is 2.09. The van der Waals surface area contributed by atoms with Crippen molar-refractivity contribution in [2.24, 2.45) is 5.92 Å². The predicted molar refractivity (Wildman–Crippen MR) is 82.7 cm³/mol. The smallest absolute Gasteiger partial charge is 0.337 e. The first-order chi connectivity index (χ1) is 10.7. The number of fused-ring (bicyclic) bond motifs is 1. The number of carbonyl (C=O) groups excluding carboxylic acids is 2. The van der Waals surface area contributed by atoms with Gasteiger partial charge >= 0.3 is 5.97 Å². The maximum atomic E-state index is 12.5. The zero-order valence-corrected chi connectivity index (χ0v) is 12.9. The van der Waals surface area contributed by atoms with Crippen molar-refractivity contribution in [1.29, 1.82) is 0 Å². The normalized spacial score (nSPS) is 18.4. The van der Waals surface area contributed by atoms with Crippen molar-refractivity contribution in [2.75, 3.05) is 26.7 Å². The maximum Gasteiger partial charge on any atom is 0.337 e. The third-order valence-corrected chi connectivity index (χ3v) is 4.68. The summed E-state index contributed by atoms with van der Waals surface area (Å²) < 4.78 is 4.72. The molecular formula is C17H22N2O3. The Morgan fingerprint density at radius 1 is 1.36 bits per heavy atom. The van der Waals surface area contributed by atoms with Gasteiger partial charge in [0.15, 0.2) is 0 Å². The van der Waals surface area contributed by atoms with E-state index < -0.39 is 5.97 Å². The Balaban J connectivity index is 1.64. The molecule has 2 aliphatic heterocycles. The van der Waals surface area contributed by atoms with Crippen LogP contribution in [0.25, 0.3) is 0 Å². The topological polar surface area (TPSA) is 58.6 Å². The Hall–Kier alpha value is -1.88. The summed E-state index contributed by atoms with van der Waals surface area (Å²) in [6.45, 7) is 3.62. The van der Waals surface area contributed by atoms with E-state index in [-0.39, 0.29) is 5.91 Å². The SMILES string of the molecule is COC(=O)c1ccc2c(c1)C(=O)N(CCC1CCNCC1)C2. The van der Waals surface area contributed by atoms with Crippen molar-refractivity contribution in [3.63, 3.8) is 0 Å². The van der Waals surface area contributed by atoms with Crippen LogP contribution in [0.15, 0.2) is 18.2 Å². The van der Waals surface area contributed by atoms with E-state index in [4.69, 9.17) is 4.74 Å². The van der Waals surface area contributed by atoms with E-state index in [1.54, 1.807) is 12.1 Å². The van der Waals surface area contributed by atoms with Gasteiger partial charge in [-0.1, -0.05) is 6.07 Å². The van der Waals surface area contributed by atoms with Crippen LogP contribution in [0.1, 0.15) is 45.5 Å².